The predicted octanol–water partition coefficient (Wildman–Crippen LogP) is 3.67. The van der Waals surface area contributed by atoms with Crippen LogP contribution in [-0.4, -0.2) is 11.8 Å². The Balaban J connectivity index is 1.29. The molecule has 2 aromatic rings. The number of hydrogen-bond donors (Lipinski definition) is 3. The first-order chi connectivity index (χ1) is 15.5. The Labute approximate surface area is 197 Å². The third-order valence-corrected chi connectivity index (χ3v) is 8.05. The molecule has 0 radical (unpaired) electrons. The van der Waals surface area contributed by atoms with Gasteiger partial charge in [0, 0.05) is 24.1 Å². The topological polar surface area (TPSA) is 84.2 Å². The maximum atomic E-state index is 13.4. The van der Waals surface area contributed by atoms with Gasteiger partial charge in [0.1, 0.15) is 0 Å². The van der Waals surface area contributed by atoms with Crippen LogP contribution in [-0.2, 0) is 29.2 Å². The van der Waals surface area contributed by atoms with Gasteiger partial charge >= 0.3 is 0 Å². The molecule has 166 valence electrons. The van der Waals surface area contributed by atoms with E-state index in [0.717, 1.165) is 34.0 Å². The molecule has 32 heavy (non-hydrogen) atoms. The standard InChI is InChI=1S/C26H28BrN3O2/c27-19-6-4-16(5-7-19)14-29-24(31)22-20-8-9-21(26(20)10-11-26)23(22)25(32)30-15-18-3-1-2-17(12-18)13-28/h1-9,12,20-23H,10-11,13-15,28H2,(H,29,31)(H,30,32)/t20-,21+,22+,23+/m0/s1. The van der Waals surface area contributed by atoms with Gasteiger partial charge in [-0.2, -0.15) is 0 Å². The van der Waals surface area contributed by atoms with Gasteiger partial charge in [-0.25, -0.2) is 0 Å². The quantitative estimate of drug-likeness (QED) is 0.514. The molecule has 0 heterocycles. The minimum Gasteiger partial charge on any atom is -0.352 e. The van der Waals surface area contributed by atoms with E-state index >= 15 is 0 Å². The highest BCUT2D eigenvalue weighted by Gasteiger charge is 2.69. The fourth-order valence-corrected chi connectivity index (χ4v) is 6.06. The molecule has 2 saturated carbocycles. The molecule has 6 heteroatoms. The molecule has 0 unspecified atom stereocenters. The lowest BCUT2D eigenvalue weighted by Crippen LogP contribution is -2.43. The summed E-state index contributed by atoms with van der Waals surface area (Å²) in [7, 11) is 0. The van der Waals surface area contributed by atoms with Crippen LogP contribution in [0, 0.1) is 29.1 Å². The maximum Gasteiger partial charge on any atom is 0.224 e. The number of halogens is 1. The number of benzene rings is 2. The molecule has 4 N–H and O–H groups in total. The van der Waals surface area contributed by atoms with E-state index in [4.69, 9.17) is 5.73 Å². The van der Waals surface area contributed by atoms with Crippen LogP contribution in [0.3, 0.4) is 0 Å². The average molecular weight is 494 g/mol. The molecule has 2 aromatic carbocycles. The molecule has 0 aliphatic heterocycles. The van der Waals surface area contributed by atoms with Crippen LogP contribution in [0.25, 0.3) is 0 Å². The highest BCUT2D eigenvalue weighted by molar-refractivity contribution is 9.10. The lowest BCUT2D eigenvalue weighted by Gasteiger charge is -2.26. The van der Waals surface area contributed by atoms with Crippen molar-refractivity contribution in [3.63, 3.8) is 0 Å². The van der Waals surface area contributed by atoms with E-state index in [0.29, 0.717) is 19.6 Å². The van der Waals surface area contributed by atoms with Crippen LogP contribution in [0.1, 0.15) is 29.5 Å². The van der Waals surface area contributed by atoms with Crippen molar-refractivity contribution in [3.05, 3.63) is 81.8 Å². The first kappa shape index (κ1) is 21.4. The van der Waals surface area contributed by atoms with Crippen LogP contribution >= 0.6 is 15.9 Å². The number of nitrogens with one attached hydrogen (secondary N) is 2. The van der Waals surface area contributed by atoms with Crippen LogP contribution in [0.15, 0.2) is 65.2 Å². The van der Waals surface area contributed by atoms with Gasteiger partial charge in [-0.3, -0.25) is 9.59 Å². The maximum absolute atomic E-state index is 13.4. The second kappa shape index (κ2) is 8.49. The number of rotatable bonds is 7. The molecule has 5 rings (SSSR count). The third kappa shape index (κ3) is 3.80. The molecular weight excluding hydrogens is 466 g/mol. The Morgan fingerprint density at radius 1 is 0.875 bits per heavy atom. The molecule has 5 nitrogen and oxygen atoms in total. The molecular formula is C26H28BrN3O2. The molecule has 0 aromatic heterocycles. The number of carbonyl (C=O) groups is 2. The zero-order chi connectivity index (χ0) is 22.3. The number of nitrogens with two attached hydrogens (primary N) is 1. The Kier molecular flexibility index (Phi) is 5.68. The highest BCUT2D eigenvalue weighted by Crippen LogP contribution is 2.72. The summed E-state index contributed by atoms with van der Waals surface area (Å²) in [6.45, 7) is 1.39. The van der Waals surface area contributed by atoms with Gasteiger partial charge < -0.3 is 16.4 Å². The van der Waals surface area contributed by atoms with Crippen LogP contribution in [0.4, 0.5) is 0 Å². The second-order valence-electron chi connectivity index (χ2n) is 9.31. The molecule has 3 aliphatic rings. The Bertz CT molecular complexity index is 1060. The normalized spacial score (nSPS) is 26.3. The summed E-state index contributed by atoms with van der Waals surface area (Å²) in [5, 5.41) is 6.21. The Hall–Kier alpha value is -2.44. The third-order valence-electron chi connectivity index (χ3n) is 7.52. The van der Waals surface area contributed by atoms with E-state index in [1.54, 1.807) is 0 Å². The van der Waals surface area contributed by atoms with Gasteiger partial charge in [-0.05, 0) is 58.9 Å². The van der Waals surface area contributed by atoms with Gasteiger partial charge in [0.05, 0.1) is 11.8 Å². The summed E-state index contributed by atoms with van der Waals surface area (Å²) in [6, 6.07) is 15.9. The van der Waals surface area contributed by atoms with Crippen molar-refractivity contribution in [3.8, 4) is 0 Å². The monoisotopic (exact) mass is 493 g/mol. The minimum absolute atomic E-state index is 0.0127. The SMILES string of the molecule is NCc1cccc(CNC(=O)[C@H]2[C@H](C(=O)NCc3ccc(Br)cc3)[C@@H]3C=C[C@H]2C32CC2)c1. The number of amides is 2. The summed E-state index contributed by atoms with van der Waals surface area (Å²) in [6.07, 6.45) is 6.59. The molecule has 3 aliphatic carbocycles. The smallest absolute Gasteiger partial charge is 0.224 e. The summed E-state index contributed by atoms with van der Waals surface area (Å²) in [5.41, 5.74) is 8.98. The Morgan fingerprint density at radius 2 is 1.44 bits per heavy atom. The molecule has 0 saturated heterocycles. The van der Waals surface area contributed by atoms with E-state index in [1.807, 2.05) is 48.5 Å². The number of carbonyl (C=O) groups excluding carboxylic acids is 2. The van der Waals surface area contributed by atoms with Crippen molar-refractivity contribution in [2.45, 2.75) is 32.5 Å². The first-order valence-corrected chi connectivity index (χ1v) is 12.1. The van der Waals surface area contributed by atoms with Crippen molar-refractivity contribution in [1.82, 2.24) is 10.6 Å². The first-order valence-electron chi connectivity index (χ1n) is 11.3. The van der Waals surface area contributed by atoms with E-state index in [1.165, 1.54) is 0 Å². The van der Waals surface area contributed by atoms with Crippen molar-refractivity contribution < 1.29 is 9.59 Å². The van der Waals surface area contributed by atoms with E-state index < -0.39 is 0 Å². The number of allylic oxidation sites excluding steroid dienone is 2. The molecule has 4 atom stereocenters. The molecule has 2 bridgehead atoms. The van der Waals surface area contributed by atoms with Gasteiger partial charge in [0.15, 0.2) is 0 Å². The summed E-state index contributed by atoms with van der Waals surface area (Å²) < 4.78 is 1.01. The van der Waals surface area contributed by atoms with Crippen LogP contribution in [0.2, 0.25) is 0 Å². The average Bonchev–Trinajstić information content (AvgIpc) is 3.49. The van der Waals surface area contributed by atoms with Gasteiger partial charge in [0.25, 0.3) is 0 Å². The van der Waals surface area contributed by atoms with Crippen LogP contribution < -0.4 is 16.4 Å². The lowest BCUT2D eigenvalue weighted by molar-refractivity contribution is -0.135. The highest BCUT2D eigenvalue weighted by atomic mass is 79.9. The van der Waals surface area contributed by atoms with E-state index in [9.17, 15) is 9.59 Å². The summed E-state index contributed by atoms with van der Waals surface area (Å²) >= 11 is 3.44. The lowest BCUT2D eigenvalue weighted by atomic mass is 9.81. The molecule has 1 spiro atoms. The van der Waals surface area contributed by atoms with Crippen molar-refractivity contribution in [1.29, 1.82) is 0 Å². The summed E-state index contributed by atoms with van der Waals surface area (Å²) in [4.78, 5) is 26.7. The van der Waals surface area contributed by atoms with E-state index in [-0.39, 0.29) is 40.9 Å². The minimum atomic E-state index is -0.310. The van der Waals surface area contributed by atoms with Crippen molar-refractivity contribution >= 4 is 27.7 Å². The van der Waals surface area contributed by atoms with Gasteiger partial charge in [-0.15, -0.1) is 0 Å². The van der Waals surface area contributed by atoms with E-state index in [2.05, 4.69) is 38.7 Å². The fraction of sp³-hybridized carbons (Fsp3) is 0.385. The van der Waals surface area contributed by atoms with Crippen LogP contribution in [0.5, 0.6) is 0 Å². The fourth-order valence-electron chi connectivity index (χ4n) is 5.79. The number of hydrogen-bond acceptors (Lipinski definition) is 3. The largest absolute Gasteiger partial charge is 0.352 e. The molecule has 2 fully saturated rings. The predicted molar refractivity (Wildman–Crippen MR) is 127 cm³/mol. The zero-order valence-electron chi connectivity index (χ0n) is 17.9. The molecule has 2 amide bonds. The van der Waals surface area contributed by atoms with Crippen molar-refractivity contribution in [2.75, 3.05) is 0 Å². The zero-order valence-corrected chi connectivity index (χ0v) is 19.5. The van der Waals surface area contributed by atoms with Gasteiger partial charge in [-0.1, -0.05) is 64.5 Å². The van der Waals surface area contributed by atoms with Crippen molar-refractivity contribution in [2.24, 2.45) is 34.8 Å². The second-order valence-corrected chi connectivity index (χ2v) is 10.2. The van der Waals surface area contributed by atoms with Gasteiger partial charge in [0.2, 0.25) is 11.8 Å². The summed E-state index contributed by atoms with van der Waals surface area (Å²) in [5.74, 6) is -0.329. The Morgan fingerprint density at radius 3 is 2.00 bits per heavy atom.